The van der Waals surface area contributed by atoms with Gasteiger partial charge in [0.05, 0.1) is 5.02 Å². The van der Waals surface area contributed by atoms with E-state index in [0.29, 0.717) is 10.6 Å². The Kier molecular flexibility index (Phi) is 3.65. The first-order chi connectivity index (χ1) is 8.13. The van der Waals surface area contributed by atoms with E-state index in [1.165, 1.54) is 0 Å². The van der Waals surface area contributed by atoms with E-state index in [4.69, 9.17) is 11.6 Å². The lowest BCUT2D eigenvalue weighted by Crippen LogP contribution is -1.87. The van der Waals surface area contributed by atoms with Crippen LogP contribution in [0.25, 0.3) is 11.1 Å². The fourth-order valence-electron chi connectivity index (χ4n) is 1.73. The van der Waals surface area contributed by atoms with Gasteiger partial charge >= 0.3 is 0 Å². The van der Waals surface area contributed by atoms with E-state index < -0.39 is 0 Å². The van der Waals surface area contributed by atoms with Gasteiger partial charge in [0, 0.05) is 15.6 Å². The van der Waals surface area contributed by atoms with Crippen molar-refractivity contribution in [3.63, 3.8) is 0 Å². The van der Waals surface area contributed by atoms with Crippen LogP contribution in [0.15, 0.2) is 40.9 Å². The highest BCUT2D eigenvalue weighted by Gasteiger charge is 2.09. The molecule has 0 unspecified atom stereocenters. The summed E-state index contributed by atoms with van der Waals surface area (Å²) < 4.78 is 0.874. The summed E-state index contributed by atoms with van der Waals surface area (Å²) in [7, 11) is 0. The monoisotopic (exact) mass is 308 g/mol. The van der Waals surface area contributed by atoms with Crippen molar-refractivity contribution in [2.24, 2.45) is 0 Å². The van der Waals surface area contributed by atoms with Crippen molar-refractivity contribution in [3.05, 3.63) is 57.0 Å². The largest absolute Gasteiger partial charge is 0.298 e. The zero-order valence-corrected chi connectivity index (χ0v) is 11.5. The van der Waals surface area contributed by atoms with E-state index >= 15 is 0 Å². The van der Waals surface area contributed by atoms with E-state index in [1.54, 1.807) is 12.1 Å². The first kappa shape index (κ1) is 12.3. The highest BCUT2D eigenvalue weighted by atomic mass is 79.9. The van der Waals surface area contributed by atoms with Crippen molar-refractivity contribution >= 4 is 33.8 Å². The summed E-state index contributed by atoms with van der Waals surface area (Å²) >= 11 is 9.71. The Hall–Kier alpha value is -1.12. The highest BCUT2D eigenvalue weighted by Crippen LogP contribution is 2.36. The third kappa shape index (κ3) is 2.43. The Morgan fingerprint density at radius 1 is 1.12 bits per heavy atom. The molecule has 0 aromatic heterocycles. The van der Waals surface area contributed by atoms with E-state index in [0.717, 1.165) is 27.4 Å². The van der Waals surface area contributed by atoms with E-state index in [2.05, 4.69) is 15.9 Å². The minimum atomic E-state index is 0.664. The molecule has 0 amide bonds. The minimum Gasteiger partial charge on any atom is -0.298 e. The van der Waals surface area contributed by atoms with Crippen molar-refractivity contribution in [2.45, 2.75) is 6.92 Å². The molecule has 17 heavy (non-hydrogen) atoms. The van der Waals surface area contributed by atoms with E-state index in [1.807, 2.05) is 31.2 Å². The summed E-state index contributed by atoms with van der Waals surface area (Å²) in [6.45, 7) is 2.02. The number of carbonyl (C=O) groups excluding carboxylic acids is 1. The SMILES string of the molecule is Cc1ccc(Br)c(Cl)c1-c1ccc(C=O)cc1. The maximum absolute atomic E-state index is 10.6. The molecule has 3 heteroatoms. The molecule has 0 aliphatic heterocycles. The molecule has 0 atom stereocenters. The van der Waals surface area contributed by atoms with Crippen molar-refractivity contribution in [1.29, 1.82) is 0 Å². The number of aryl methyl sites for hydroxylation is 1. The van der Waals surface area contributed by atoms with Crippen LogP contribution in [0.1, 0.15) is 15.9 Å². The van der Waals surface area contributed by atoms with Gasteiger partial charge in [-0.15, -0.1) is 0 Å². The van der Waals surface area contributed by atoms with Crippen LogP contribution in [0.3, 0.4) is 0 Å². The van der Waals surface area contributed by atoms with Gasteiger partial charge < -0.3 is 0 Å². The highest BCUT2D eigenvalue weighted by molar-refractivity contribution is 9.10. The number of carbonyl (C=O) groups is 1. The predicted molar refractivity (Wildman–Crippen MR) is 74.7 cm³/mol. The maximum atomic E-state index is 10.6. The Morgan fingerprint density at radius 3 is 2.35 bits per heavy atom. The zero-order valence-electron chi connectivity index (χ0n) is 9.21. The normalized spacial score (nSPS) is 10.3. The molecule has 0 heterocycles. The smallest absolute Gasteiger partial charge is 0.150 e. The predicted octanol–water partition coefficient (Wildman–Crippen LogP) is 4.89. The van der Waals surface area contributed by atoms with Gasteiger partial charge in [-0.3, -0.25) is 4.79 Å². The summed E-state index contributed by atoms with van der Waals surface area (Å²) in [6.07, 6.45) is 0.832. The van der Waals surface area contributed by atoms with Gasteiger partial charge in [-0.25, -0.2) is 0 Å². The fourth-order valence-corrected chi connectivity index (χ4v) is 2.38. The Labute approximate surface area is 114 Å². The summed E-state index contributed by atoms with van der Waals surface area (Å²) in [5.41, 5.74) is 3.78. The summed E-state index contributed by atoms with van der Waals surface area (Å²) in [5.74, 6) is 0. The van der Waals surface area contributed by atoms with Crippen LogP contribution in [0.5, 0.6) is 0 Å². The van der Waals surface area contributed by atoms with Gasteiger partial charge in [-0.2, -0.15) is 0 Å². The molecule has 0 spiro atoms. The molecule has 0 radical (unpaired) electrons. The summed E-state index contributed by atoms with van der Waals surface area (Å²) in [6, 6.07) is 11.3. The van der Waals surface area contributed by atoms with Crippen LogP contribution in [0, 0.1) is 6.92 Å². The van der Waals surface area contributed by atoms with Crippen LogP contribution in [-0.2, 0) is 0 Å². The topological polar surface area (TPSA) is 17.1 Å². The summed E-state index contributed by atoms with van der Waals surface area (Å²) in [5, 5.41) is 0.698. The number of halogens is 2. The quantitative estimate of drug-likeness (QED) is 0.722. The molecule has 2 aromatic carbocycles. The van der Waals surface area contributed by atoms with E-state index in [9.17, 15) is 4.79 Å². The number of rotatable bonds is 2. The molecule has 0 aliphatic carbocycles. The maximum Gasteiger partial charge on any atom is 0.150 e. The molecule has 0 saturated carbocycles. The van der Waals surface area contributed by atoms with Gasteiger partial charge in [0.25, 0.3) is 0 Å². The minimum absolute atomic E-state index is 0.664. The van der Waals surface area contributed by atoms with Crippen LogP contribution in [0.2, 0.25) is 5.02 Å². The lowest BCUT2D eigenvalue weighted by Gasteiger charge is -2.10. The molecule has 2 aromatic rings. The molecule has 0 aliphatic rings. The average molecular weight is 310 g/mol. The third-order valence-electron chi connectivity index (χ3n) is 2.64. The van der Waals surface area contributed by atoms with Gasteiger partial charge in [0.1, 0.15) is 6.29 Å². The number of hydrogen-bond donors (Lipinski definition) is 0. The Balaban J connectivity index is 2.59. The molecule has 0 saturated heterocycles. The molecular weight excluding hydrogens is 300 g/mol. The van der Waals surface area contributed by atoms with Crippen LogP contribution < -0.4 is 0 Å². The van der Waals surface area contributed by atoms with Gasteiger partial charge in [-0.05, 0) is 40.0 Å². The van der Waals surface area contributed by atoms with Crippen LogP contribution >= 0.6 is 27.5 Å². The van der Waals surface area contributed by atoms with Crippen LogP contribution in [0.4, 0.5) is 0 Å². The van der Waals surface area contributed by atoms with Crippen molar-refractivity contribution in [3.8, 4) is 11.1 Å². The van der Waals surface area contributed by atoms with Crippen molar-refractivity contribution in [2.75, 3.05) is 0 Å². The zero-order chi connectivity index (χ0) is 12.4. The Bertz CT molecular complexity index is 561. The van der Waals surface area contributed by atoms with Crippen molar-refractivity contribution in [1.82, 2.24) is 0 Å². The van der Waals surface area contributed by atoms with Crippen LogP contribution in [-0.4, -0.2) is 6.29 Å². The molecule has 0 N–H and O–H groups in total. The molecule has 1 nitrogen and oxygen atoms in total. The second-order valence-corrected chi connectivity index (χ2v) is 5.03. The Morgan fingerprint density at radius 2 is 1.76 bits per heavy atom. The lowest BCUT2D eigenvalue weighted by molar-refractivity contribution is 0.112. The summed E-state index contributed by atoms with van der Waals surface area (Å²) in [4.78, 5) is 10.6. The first-order valence-corrected chi connectivity index (χ1v) is 6.31. The number of aldehydes is 1. The molecular formula is C14H10BrClO. The van der Waals surface area contributed by atoms with Gasteiger partial charge in [-0.1, -0.05) is 41.9 Å². The molecule has 2 rings (SSSR count). The van der Waals surface area contributed by atoms with E-state index in [-0.39, 0.29) is 0 Å². The van der Waals surface area contributed by atoms with Gasteiger partial charge in [0.15, 0.2) is 0 Å². The lowest BCUT2D eigenvalue weighted by atomic mass is 10.00. The van der Waals surface area contributed by atoms with Gasteiger partial charge in [0.2, 0.25) is 0 Å². The third-order valence-corrected chi connectivity index (χ3v) is 3.92. The number of hydrogen-bond acceptors (Lipinski definition) is 1. The number of benzene rings is 2. The second kappa shape index (κ2) is 5.03. The molecule has 0 bridgehead atoms. The first-order valence-electron chi connectivity index (χ1n) is 5.13. The molecule has 86 valence electrons. The second-order valence-electron chi connectivity index (χ2n) is 3.79. The standard InChI is InChI=1S/C14H10BrClO/c1-9-2-7-12(15)14(16)13(9)11-5-3-10(8-17)4-6-11/h2-8H,1H3. The fraction of sp³-hybridized carbons (Fsp3) is 0.0714. The average Bonchev–Trinajstić information content (AvgIpc) is 2.35. The molecule has 0 fully saturated rings. The van der Waals surface area contributed by atoms with Crippen molar-refractivity contribution < 1.29 is 4.79 Å².